The number of nitro benzene ring substituents is 1. The average Bonchev–Trinajstić information content (AvgIpc) is 2.83. The van der Waals surface area contributed by atoms with Crippen LogP contribution in [0.5, 0.6) is 0 Å². The van der Waals surface area contributed by atoms with E-state index >= 15 is 0 Å². The molecule has 0 spiro atoms. The predicted molar refractivity (Wildman–Crippen MR) is 77.7 cm³/mol. The smallest absolute Gasteiger partial charge is 0.273 e. The molecular formula is C14H21N3O2. The van der Waals surface area contributed by atoms with Crippen LogP contribution >= 0.6 is 0 Å². The summed E-state index contributed by atoms with van der Waals surface area (Å²) in [5.41, 5.74) is 2.01. The van der Waals surface area contributed by atoms with Gasteiger partial charge in [-0.2, -0.15) is 0 Å². The number of hydrogen-bond donors (Lipinski definition) is 2. The minimum absolute atomic E-state index is 0.117. The Morgan fingerprint density at radius 2 is 1.89 bits per heavy atom. The van der Waals surface area contributed by atoms with Gasteiger partial charge in [0.05, 0.1) is 4.92 Å². The summed E-state index contributed by atoms with van der Waals surface area (Å²) in [5, 5.41) is 17.2. The lowest BCUT2D eigenvalue weighted by molar-refractivity contribution is -0.384. The zero-order valence-corrected chi connectivity index (χ0v) is 11.5. The lowest BCUT2D eigenvalue weighted by atomic mass is 9.89. The van der Waals surface area contributed by atoms with Crippen molar-refractivity contribution in [2.75, 3.05) is 24.2 Å². The number of benzene rings is 1. The number of non-ortho nitro benzene ring substituents is 1. The van der Waals surface area contributed by atoms with E-state index in [2.05, 4.69) is 17.6 Å². The van der Waals surface area contributed by atoms with Crippen LogP contribution in [0.4, 0.5) is 17.1 Å². The normalized spacial score (nSPS) is 17.2. The molecule has 0 heterocycles. The molecule has 19 heavy (non-hydrogen) atoms. The number of nitrogens with zero attached hydrogens (tertiary/aromatic N) is 1. The average molecular weight is 263 g/mol. The topological polar surface area (TPSA) is 67.2 Å². The van der Waals surface area contributed by atoms with E-state index in [-0.39, 0.29) is 10.6 Å². The van der Waals surface area contributed by atoms with Gasteiger partial charge in [0.15, 0.2) is 0 Å². The van der Waals surface area contributed by atoms with Crippen molar-refractivity contribution in [3.8, 4) is 0 Å². The Labute approximate surface area is 113 Å². The second kappa shape index (κ2) is 5.47. The molecule has 0 aliphatic heterocycles. The molecule has 0 atom stereocenters. The number of nitrogens with one attached hydrogen (secondary N) is 2. The molecule has 1 aliphatic rings. The maximum atomic E-state index is 10.9. The fourth-order valence-electron chi connectivity index (χ4n) is 2.68. The first-order valence-corrected chi connectivity index (χ1v) is 6.74. The molecule has 1 fully saturated rings. The highest BCUT2D eigenvalue weighted by molar-refractivity contribution is 5.63. The van der Waals surface area contributed by atoms with Crippen molar-refractivity contribution in [2.45, 2.75) is 32.6 Å². The van der Waals surface area contributed by atoms with E-state index in [1.165, 1.54) is 25.7 Å². The molecular weight excluding hydrogens is 242 g/mol. The molecule has 5 heteroatoms. The summed E-state index contributed by atoms with van der Waals surface area (Å²) in [7, 11) is 1.77. The van der Waals surface area contributed by atoms with Gasteiger partial charge in [0.1, 0.15) is 0 Å². The van der Waals surface area contributed by atoms with Crippen LogP contribution in [0.1, 0.15) is 32.6 Å². The zero-order valence-electron chi connectivity index (χ0n) is 11.5. The molecule has 1 saturated carbocycles. The SMILES string of the molecule is CNc1cc(NCC2(C)CCCC2)cc([N+](=O)[O-])c1. The Balaban J connectivity index is 2.10. The summed E-state index contributed by atoms with van der Waals surface area (Å²) in [6, 6.07) is 5.05. The fraction of sp³-hybridized carbons (Fsp3) is 0.571. The first-order chi connectivity index (χ1) is 9.02. The van der Waals surface area contributed by atoms with E-state index in [1.54, 1.807) is 19.2 Å². The first kappa shape index (κ1) is 13.6. The van der Waals surface area contributed by atoms with Crippen molar-refractivity contribution in [2.24, 2.45) is 5.41 Å². The highest BCUT2D eigenvalue weighted by atomic mass is 16.6. The summed E-state index contributed by atoms with van der Waals surface area (Å²) in [5.74, 6) is 0. The fourth-order valence-corrected chi connectivity index (χ4v) is 2.68. The Kier molecular flexibility index (Phi) is 3.93. The minimum Gasteiger partial charge on any atom is -0.388 e. The Morgan fingerprint density at radius 3 is 2.47 bits per heavy atom. The van der Waals surface area contributed by atoms with Gasteiger partial charge in [-0.25, -0.2) is 0 Å². The molecule has 5 nitrogen and oxygen atoms in total. The Morgan fingerprint density at radius 1 is 1.26 bits per heavy atom. The Bertz CT molecular complexity index is 468. The third-order valence-corrected chi connectivity index (χ3v) is 3.95. The van der Waals surface area contributed by atoms with E-state index in [9.17, 15) is 10.1 Å². The van der Waals surface area contributed by atoms with Gasteiger partial charge in [-0.1, -0.05) is 19.8 Å². The second-order valence-electron chi connectivity index (χ2n) is 5.65. The van der Waals surface area contributed by atoms with E-state index in [0.29, 0.717) is 5.41 Å². The van der Waals surface area contributed by atoms with Gasteiger partial charge >= 0.3 is 0 Å². The molecule has 0 radical (unpaired) electrons. The van der Waals surface area contributed by atoms with E-state index in [4.69, 9.17) is 0 Å². The number of anilines is 2. The van der Waals surface area contributed by atoms with Crippen molar-refractivity contribution in [3.05, 3.63) is 28.3 Å². The summed E-state index contributed by atoms with van der Waals surface area (Å²) in [4.78, 5) is 10.5. The molecule has 1 aliphatic carbocycles. The highest BCUT2D eigenvalue weighted by Gasteiger charge is 2.28. The van der Waals surface area contributed by atoms with Crippen molar-refractivity contribution >= 4 is 17.1 Å². The van der Waals surface area contributed by atoms with Crippen LogP contribution in [0.15, 0.2) is 18.2 Å². The third-order valence-electron chi connectivity index (χ3n) is 3.95. The molecule has 104 valence electrons. The molecule has 0 saturated heterocycles. The molecule has 0 bridgehead atoms. The standard InChI is InChI=1S/C14H21N3O2/c1-14(5-3-4-6-14)10-16-12-7-11(15-2)8-13(9-12)17(18)19/h7-9,15-16H,3-6,10H2,1-2H3. The molecule has 1 aromatic carbocycles. The van der Waals surface area contributed by atoms with E-state index in [0.717, 1.165) is 17.9 Å². The zero-order chi connectivity index (χ0) is 13.9. The van der Waals surface area contributed by atoms with E-state index < -0.39 is 0 Å². The minimum atomic E-state index is -0.358. The second-order valence-corrected chi connectivity index (χ2v) is 5.65. The van der Waals surface area contributed by atoms with Crippen molar-refractivity contribution in [1.82, 2.24) is 0 Å². The maximum Gasteiger partial charge on any atom is 0.273 e. The van der Waals surface area contributed by atoms with Crippen LogP contribution in [-0.4, -0.2) is 18.5 Å². The first-order valence-electron chi connectivity index (χ1n) is 6.74. The van der Waals surface area contributed by atoms with Gasteiger partial charge in [-0.05, 0) is 24.3 Å². The van der Waals surface area contributed by atoms with Crippen LogP contribution in [0, 0.1) is 15.5 Å². The molecule has 2 rings (SSSR count). The van der Waals surface area contributed by atoms with Crippen molar-refractivity contribution in [3.63, 3.8) is 0 Å². The van der Waals surface area contributed by atoms with Crippen molar-refractivity contribution < 1.29 is 4.92 Å². The number of nitro groups is 1. The van der Waals surface area contributed by atoms with Gasteiger partial charge in [0.25, 0.3) is 5.69 Å². The number of rotatable bonds is 5. The van der Waals surface area contributed by atoms with Crippen LogP contribution in [-0.2, 0) is 0 Å². The lowest BCUT2D eigenvalue weighted by Gasteiger charge is -2.24. The van der Waals surface area contributed by atoms with Gasteiger partial charge in [-0.3, -0.25) is 10.1 Å². The van der Waals surface area contributed by atoms with Crippen LogP contribution in [0.25, 0.3) is 0 Å². The van der Waals surface area contributed by atoms with Gasteiger partial charge in [-0.15, -0.1) is 0 Å². The monoisotopic (exact) mass is 263 g/mol. The summed E-state index contributed by atoms with van der Waals surface area (Å²) < 4.78 is 0. The quantitative estimate of drug-likeness (QED) is 0.629. The van der Waals surface area contributed by atoms with Gasteiger partial charge in [0.2, 0.25) is 0 Å². The third kappa shape index (κ3) is 3.36. The van der Waals surface area contributed by atoms with Gasteiger partial charge < -0.3 is 10.6 Å². The number of hydrogen-bond acceptors (Lipinski definition) is 4. The predicted octanol–water partition coefficient (Wildman–Crippen LogP) is 3.63. The molecule has 0 amide bonds. The maximum absolute atomic E-state index is 10.9. The molecule has 0 aromatic heterocycles. The highest BCUT2D eigenvalue weighted by Crippen LogP contribution is 2.37. The van der Waals surface area contributed by atoms with Crippen molar-refractivity contribution in [1.29, 1.82) is 0 Å². The summed E-state index contributed by atoms with van der Waals surface area (Å²) >= 11 is 0. The lowest BCUT2D eigenvalue weighted by Crippen LogP contribution is -2.23. The van der Waals surface area contributed by atoms with E-state index in [1.807, 2.05) is 6.07 Å². The largest absolute Gasteiger partial charge is 0.388 e. The molecule has 1 aromatic rings. The van der Waals surface area contributed by atoms with Crippen LogP contribution < -0.4 is 10.6 Å². The molecule has 0 unspecified atom stereocenters. The van der Waals surface area contributed by atoms with Gasteiger partial charge in [0, 0.05) is 37.1 Å². The van der Waals surface area contributed by atoms with Crippen LogP contribution in [0.2, 0.25) is 0 Å². The molecule has 2 N–H and O–H groups in total. The summed E-state index contributed by atoms with van der Waals surface area (Å²) in [6.45, 7) is 3.15. The Hall–Kier alpha value is -1.78. The summed E-state index contributed by atoms with van der Waals surface area (Å²) in [6.07, 6.45) is 5.03. The van der Waals surface area contributed by atoms with Crippen LogP contribution in [0.3, 0.4) is 0 Å².